The highest BCUT2D eigenvalue weighted by Gasteiger charge is 2.43. The largest absolute Gasteiger partial charge is 0.487 e. The third kappa shape index (κ3) is 8.61. The molecule has 0 saturated heterocycles. The molecule has 1 atom stereocenters. The highest BCUT2D eigenvalue weighted by Crippen LogP contribution is 2.39. The molecule has 0 amide bonds. The van der Waals surface area contributed by atoms with Crippen LogP contribution in [0.1, 0.15) is 52.3 Å². The van der Waals surface area contributed by atoms with Crippen LogP contribution in [-0.4, -0.2) is 12.5 Å². The van der Waals surface area contributed by atoms with E-state index in [1.54, 1.807) is 0 Å². The summed E-state index contributed by atoms with van der Waals surface area (Å²) < 4.78 is 142. The number of halogens is 10. The van der Waals surface area contributed by atoms with Crippen LogP contribution in [0.15, 0.2) is 91.5 Å². The van der Waals surface area contributed by atoms with Gasteiger partial charge >= 0.3 is 18.5 Å². The van der Waals surface area contributed by atoms with Crippen molar-refractivity contribution < 1.29 is 48.6 Å². The Kier molecular flexibility index (Phi) is 10.4. The van der Waals surface area contributed by atoms with Gasteiger partial charge in [-0.15, -0.1) is 0 Å². The lowest BCUT2D eigenvalue weighted by Gasteiger charge is -2.25. The number of ether oxygens (including phenoxy) is 1. The van der Waals surface area contributed by atoms with Crippen LogP contribution >= 0.6 is 0 Å². The Morgan fingerprint density at radius 1 is 0.804 bits per heavy atom. The number of benzene rings is 4. The van der Waals surface area contributed by atoms with Gasteiger partial charge in [-0.2, -0.15) is 22.0 Å². The summed E-state index contributed by atoms with van der Waals surface area (Å²) in [5.41, 5.74) is -2.49. The lowest BCUT2D eigenvalue weighted by atomic mass is 9.94. The molecule has 4 aromatic carbocycles. The van der Waals surface area contributed by atoms with Crippen molar-refractivity contribution >= 4 is 5.70 Å². The third-order valence-electron chi connectivity index (χ3n) is 6.90. The Hall–Kier alpha value is -4.48. The van der Waals surface area contributed by atoms with E-state index in [9.17, 15) is 43.9 Å². The first-order valence-electron chi connectivity index (χ1n) is 13.8. The SMILES string of the molecule is C=C(N[C@@H](c1cc(F)cc(C(F)(F)C(F)F)c1)c1ccc(F)c(OC2CC2)c1)c1ccc(F)c(C(F)(F)F)c1.Cc1ccccc1. The van der Waals surface area contributed by atoms with E-state index in [1.807, 2.05) is 18.2 Å². The minimum Gasteiger partial charge on any atom is -0.487 e. The second-order valence-corrected chi connectivity index (χ2v) is 10.6. The normalized spacial score (nSPS) is 13.9. The lowest BCUT2D eigenvalue weighted by molar-refractivity contribution is -0.140. The zero-order valence-corrected chi connectivity index (χ0v) is 24.1. The van der Waals surface area contributed by atoms with Gasteiger partial charge in [0.15, 0.2) is 11.6 Å². The smallest absolute Gasteiger partial charge is 0.419 e. The van der Waals surface area contributed by atoms with Crippen molar-refractivity contribution in [3.05, 3.63) is 142 Å². The van der Waals surface area contributed by atoms with E-state index in [1.165, 1.54) is 17.7 Å². The maximum atomic E-state index is 14.4. The van der Waals surface area contributed by atoms with Gasteiger partial charge in [0.05, 0.1) is 17.7 Å². The second-order valence-electron chi connectivity index (χ2n) is 10.6. The highest BCUT2D eigenvalue weighted by molar-refractivity contribution is 5.64. The van der Waals surface area contributed by atoms with Gasteiger partial charge in [-0.1, -0.05) is 48.5 Å². The second kappa shape index (κ2) is 13.9. The Bertz CT molecular complexity index is 1670. The van der Waals surface area contributed by atoms with Gasteiger partial charge in [0.1, 0.15) is 11.6 Å². The average Bonchev–Trinajstić information content (AvgIpc) is 3.81. The molecular formula is C34H27F10NO. The molecule has 0 spiro atoms. The molecule has 46 heavy (non-hydrogen) atoms. The zero-order valence-electron chi connectivity index (χ0n) is 24.1. The molecular weight excluding hydrogens is 628 g/mol. The highest BCUT2D eigenvalue weighted by atomic mass is 19.4. The van der Waals surface area contributed by atoms with E-state index in [2.05, 4.69) is 31.0 Å². The molecule has 0 aromatic heterocycles. The molecule has 12 heteroatoms. The molecule has 1 fully saturated rings. The molecule has 2 nitrogen and oxygen atoms in total. The maximum absolute atomic E-state index is 14.4. The van der Waals surface area contributed by atoms with Gasteiger partial charge in [-0.3, -0.25) is 0 Å². The van der Waals surface area contributed by atoms with E-state index in [0.717, 1.165) is 18.2 Å². The van der Waals surface area contributed by atoms with Crippen molar-refractivity contribution in [1.82, 2.24) is 5.32 Å². The predicted octanol–water partition coefficient (Wildman–Crippen LogP) is 10.4. The molecule has 0 aliphatic heterocycles. The number of aryl methyl sites for hydroxylation is 1. The molecule has 0 bridgehead atoms. The van der Waals surface area contributed by atoms with Crippen molar-refractivity contribution in [2.75, 3.05) is 0 Å². The first-order chi connectivity index (χ1) is 21.6. The summed E-state index contributed by atoms with van der Waals surface area (Å²) in [5, 5.41) is 2.65. The molecule has 1 saturated carbocycles. The molecule has 0 unspecified atom stereocenters. The maximum Gasteiger partial charge on any atom is 0.419 e. The number of hydrogen-bond acceptors (Lipinski definition) is 2. The third-order valence-corrected chi connectivity index (χ3v) is 6.90. The van der Waals surface area contributed by atoms with Crippen molar-refractivity contribution in [3.8, 4) is 5.75 Å². The Labute approximate surface area is 258 Å². The van der Waals surface area contributed by atoms with Gasteiger partial charge in [0.2, 0.25) is 0 Å². The summed E-state index contributed by atoms with van der Waals surface area (Å²) in [4.78, 5) is 0. The van der Waals surface area contributed by atoms with Crippen LogP contribution in [0, 0.1) is 24.4 Å². The van der Waals surface area contributed by atoms with Gasteiger partial charge in [-0.05, 0) is 85.0 Å². The summed E-state index contributed by atoms with van der Waals surface area (Å²) in [6, 6.07) is 15.7. The van der Waals surface area contributed by atoms with Crippen LogP contribution in [0.25, 0.3) is 5.70 Å². The molecule has 1 aliphatic rings. The van der Waals surface area contributed by atoms with Gasteiger partial charge in [0.25, 0.3) is 0 Å². The summed E-state index contributed by atoms with van der Waals surface area (Å²) >= 11 is 0. The standard InChI is InChI=1S/C27H19F10NO.C7H8/c1-13(14-2-6-21(29)20(10-14)27(35,36)37)38-24(15-3-7-22(30)23(11-15)39-19-4-5-19)16-8-17(12-18(28)9-16)26(33,34)25(31)32;1-7-5-3-2-4-6-7/h2-3,6-12,19,24-25,38H,1,4-5H2;2-6H,1H3/t24-;/m1./s1. The quantitative estimate of drug-likeness (QED) is 0.181. The van der Waals surface area contributed by atoms with Crippen molar-refractivity contribution in [2.45, 2.75) is 50.4 Å². The summed E-state index contributed by atoms with van der Waals surface area (Å²) in [6.07, 6.45) is -8.17. The van der Waals surface area contributed by atoms with Crippen molar-refractivity contribution in [2.24, 2.45) is 0 Å². The van der Waals surface area contributed by atoms with E-state index in [-0.39, 0.29) is 40.3 Å². The number of hydrogen-bond donors (Lipinski definition) is 1. The molecule has 1 aliphatic carbocycles. The first-order valence-corrected chi connectivity index (χ1v) is 13.8. The Morgan fingerprint density at radius 3 is 2.02 bits per heavy atom. The fraction of sp³-hybridized carbons (Fsp3) is 0.235. The molecule has 4 aromatic rings. The van der Waals surface area contributed by atoms with Crippen LogP contribution in [0.4, 0.5) is 43.9 Å². The van der Waals surface area contributed by atoms with Gasteiger partial charge in [0, 0.05) is 11.3 Å². The van der Waals surface area contributed by atoms with E-state index in [0.29, 0.717) is 31.0 Å². The number of rotatable bonds is 9. The predicted molar refractivity (Wildman–Crippen MR) is 153 cm³/mol. The van der Waals surface area contributed by atoms with Gasteiger partial charge < -0.3 is 10.1 Å². The average molecular weight is 656 g/mol. The van der Waals surface area contributed by atoms with Crippen LogP contribution < -0.4 is 10.1 Å². The molecule has 0 heterocycles. The van der Waals surface area contributed by atoms with Crippen LogP contribution in [-0.2, 0) is 12.1 Å². The van der Waals surface area contributed by atoms with Crippen LogP contribution in [0.2, 0.25) is 0 Å². The van der Waals surface area contributed by atoms with E-state index < -0.39 is 53.1 Å². The topological polar surface area (TPSA) is 21.3 Å². The van der Waals surface area contributed by atoms with Crippen molar-refractivity contribution in [1.29, 1.82) is 0 Å². The number of nitrogens with one attached hydrogen (secondary N) is 1. The van der Waals surface area contributed by atoms with E-state index >= 15 is 0 Å². The van der Waals surface area contributed by atoms with Gasteiger partial charge in [-0.25, -0.2) is 22.0 Å². The van der Waals surface area contributed by atoms with Crippen LogP contribution in [0.3, 0.4) is 0 Å². The summed E-state index contributed by atoms with van der Waals surface area (Å²) in [7, 11) is 0. The summed E-state index contributed by atoms with van der Waals surface area (Å²) in [5.74, 6) is -8.61. The fourth-order valence-electron chi connectivity index (χ4n) is 4.33. The Balaban J connectivity index is 0.000000606. The summed E-state index contributed by atoms with van der Waals surface area (Å²) in [6.45, 7) is 5.70. The Morgan fingerprint density at radius 2 is 1.46 bits per heavy atom. The molecule has 244 valence electrons. The van der Waals surface area contributed by atoms with Crippen molar-refractivity contribution in [3.63, 3.8) is 0 Å². The molecule has 5 rings (SSSR count). The van der Waals surface area contributed by atoms with E-state index in [4.69, 9.17) is 4.74 Å². The lowest BCUT2D eigenvalue weighted by Crippen LogP contribution is -2.26. The minimum atomic E-state index is -5.05. The monoisotopic (exact) mass is 655 g/mol. The first kappa shape index (κ1) is 34.4. The molecule has 1 N–H and O–H groups in total. The van der Waals surface area contributed by atoms with Crippen LogP contribution in [0.5, 0.6) is 5.75 Å². The minimum absolute atomic E-state index is 0.0586. The zero-order chi connectivity index (χ0) is 33.8. The number of alkyl halides is 7. The molecule has 0 radical (unpaired) electrons. The fourth-order valence-corrected chi connectivity index (χ4v) is 4.33.